The van der Waals surface area contributed by atoms with Crippen LogP contribution in [0.15, 0.2) is 22.8 Å². The zero-order valence-corrected chi connectivity index (χ0v) is 8.66. The Morgan fingerprint density at radius 2 is 2.07 bits per heavy atom. The van der Waals surface area contributed by atoms with Crippen LogP contribution in [-0.4, -0.2) is 37.9 Å². The third-order valence-electron chi connectivity index (χ3n) is 2.40. The van der Waals surface area contributed by atoms with E-state index in [1.165, 1.54) is 0 Å². The van der Waals surface area contributed by atoms with Crippen LogP contribution in [0.4, 0.5) is 0 Å². The van der Waals surface area contributed by atoms with Gasteiger partial charge >= 0.3 is 0 Å². The highest BCUT2D eigenvalue weighted by molar-refractivity contribution is 7.91. The molecule has 0 bridgehead atoms. The number of nitrogens with zero attached hydrogens (tertiary/aromatic N) is 1. The van der Waals surface area contributed by atoms with Crippen LogP contribution in [0.1, 0.15) is 5.76 Å². The van der Waals surface area contributed by atoms with Gasteiger partial charge in [0.05, 0.1) is 24.3 Å². The SMILES string of the molecule is O=S1(=O)CCN(Cc2ccco2)CC1. The van der Waals surface area contributed by atoms with Crippen molar-refractivity contribution in [1.82, 2.24) is 4.90 Å². The van der Waals surface area contributed by atoms with Gasteiger partial charge < -0.3 is 4.42 Å². The van der Waals surface area contributed by atoms with Gasteiger partial charge in [-0.05, 0) is 12.1 Å². The van der Waals surface area contributed by atoms with Crippen LogP contribution in [0.5, 0.6) is 0 Å². The van der Waals surface area contributed by atoms with Crippen LogP contribution in [0.3, 0.4) is 0 Å². The molecule has 0 saturated carbocycles. The number of hydrogen-bond donors (Lipinski definition) is 0. The van der Waals surface area contributed by atoms with Crippen LogP contribution in [0.25, 0.3) is 0 Å². The average molecular weight is 215 g/mol. The molecule has 4 nitrogen and oxygen atoms in total. The summed E-state index contributed by atoms with van der Waals surface area (Å²) < 4.78 is 27.5. The molecule has 0 atom stereocenters. The van der Waals surface area contributed by atoms with E-state index in [0.29, 0.717) is 19.6 Å². The third-order valence-corrected chi connectivity index (χ3v) is 4.01. The quantitative estimate of drug-likeness (QED) is 0.721. The molecule has 1 aromatic rings. The number of rotatable bonds is 2. The molecule has 1 fully saturated rings. The summed E-state index contributed by atoms with van der Waals surface area (Å²) >= 11 is 0. The Hall–Kier alpha value is -0.810. The summed E-state index contributed by atoms with van der Waals surface area (Å²) in [4.78, 5) is 2.10. The smallest absolute Gasteiger partial charge is 0.152 e. The van der Waals surface area contributed by atoms with Crippen molar-refractivity contribution in [3.05, 3.63) is 24.2 Å². The maximum atomic E-state index is 11.1. The molecule has 0 radical (unpaired) electrons. The first-order valence-corrected chi connectivity index (χ1v) is 6.43. The predicted octanol–water partition coefficient (Wildman–Crippen LogP) is 0.510. The minimum atomic E-state index is -2.77. The molecule has 1 aliphatic heterocycles. The van der Waals surface area contributed by atoms with Gasteiger partial charge in [0.2, 0.25) is 0 Å². The molecule has 0 amide bonds. The Labute approximate surface area is 83.4 Å². The molecule has 0 unspecified atom stereocenters. The highest BCUT2D eigenvalue weighted by Gasteiger charge is 2.21. The van der Waals surface area contributed by atoms with E-state index in [2.05, 4.69) is 4.90 Å². The molecule has 0 aromatic carbocycles. The second-order valence-electron chi connectivity index (χ2n) is 3.51. The van der Waals surface area contributed by atoms with Gasteiger partial charge in [-0.15, -0.1) is 0 Å². The maximum Gasteiger partial charge on any atom is 0.152 e. The summed E-state index contributed by atoms with van der Waals surface area (Å²) in [5.41, 5.74) is 0. The van der Waals surface area contributed by atoms with E-state index < -0.39 is 9.84 Å². The van der Waals surface area contributed by atoms with Crippen molar-refractivity contribution >= 4 is 9.84 Å². The van der Waals surface area contributed by atoms with E-state index in [0.717, 1.165) is 5.76 Å². The molecule has 1 aliphatic rings. The Bertz CT molecular complexity index is 368. The van der Waals surface area contributed by atoms with Gasteiger partial charge in [-0.25, -0.2) is 8.42 Å². The fraction of sp³-hybridized carbons (Fsp3) is 0.556. The molecule has 2 rings (SSSR count). The van der Waals surface area contributed by atoms with Crippen LogP contribution >= 0.6 is 0 Å². The zero-order chi connectivity index (χ0) is 10.0. The molecule has 1 saturated heterocycles. The monoisotopic (exact) mass is 215 g/mol. The number of hydrogen-bond acceptors (Lipinski definition) is 4. The van der Waals surface area contributed by atoms with E-state index in [1.54, 1.807) is 6.26 Å². The van der Waals surface area contributed by atoms with Gasteiger partial charge in [0.25, 0.3) is 0 Å². The van der Waals surface area contributed by atoms with Crippen LogP contribution in [0, 0.1) is 0 Å². The van der Waals surface area contributed by atoms with Crippen LogP contribution in [-0.2, 0) is 16.4 Å². The fourth-order valence-corrected chi connectivity index (χ4v) is 2.81. The standard InChI is InChI=1S/C9H13NO3S/c11-14(12)6-3-10(4-7-14)8-9-2-1-5-13-9/h1-2,5H,3-4,6-8H2. The number of furan rings is 1. The lowest BCUT2D eigenvalue weighted by molar-refractivity contribution is 0.262. The third kappa shape index (κ3) is 2.36. The average Bonchev–Trinajstić information content (AvgIpc) is 2.61. The van der Waals surface area contributed by atoms with Gasteiger partial charge in [0.1, 0.15) is 5.76 Å². The summed E-state index contributed by atoms with van der Waals surface area (Å²) in [5, 5.41) is 0. The first-order valence-electron chi connectivity index (χ1n) is 4.61. The molecule has 2 heterocycles. The largest absolute Gasteiger partial charge is 0.468 e. The topological polar surface area (TPSA) is 50.5 Å². The fourth-order valence-electron chi connectivity index (χ4n) is 1.53. The minimum Gasteiger partial charge on any atom is -0.468 e. The van der Waals surface area contributed by atoms with Crippen molar-refractivity contribution < 1.29 is 12.8 Å². The highest BCUT2D eigenvalue weighted by atomic mass is 32.2. The van der Waals surface area contributed by atoms with Gasteiger partial charge in [-0.2, -0.15) is 0 Å². The van der Waals surface area contributed by atoms with E-state index in [-0.39, 0.29) is 11.5 Å². The van der Waals surface area contributed by atoms with Crippen LogP contribution in [0.2, 0.25) is 0 Å². The van der Waals surface area contributed by atoms with Crippen molar-refractivity contribution in [2.24, 2.45) is 0 Å². The molecular formula is C9H13NO3S. The van der Waals surface area contributed by atoms with Gasteiger partial charge in [-0.1, -0.05) is 0 Å². The van der Waals surface area contributed by atoms with Crippen molar-refractivity contribution in [3.8, 4) is 0 Å². The van der Waals surface area contributed by atoms with Crippen molar-refractivity contribution in [2.75, 3.05) is 24.6 Å². The first-order chi connectivity index (χ1) is 6.66. The van der Waals surface area contributed by atoms with Gasteiger partial charge in [0.15, 0.2) is 9.84 Å². The minimum absolute atomic E-state index is 0.272. The van der Waals surface area contributed by atoms with Crippen molar-refractivity contribution in [3.63, 3.8) is 0 Å². The van der Waals surface area contributed by atoms with Crippen LogP contribution < -0.4 is 0 Å². The van der Waals surface area contributed by atoms with E-state index in [4.69, 9.17) is 4.42 Å². The lowest BCUT2D eigenvalue weighted by Gasteiger charge is -2.25. The molecule has 0 spiro atoms. The number of sulfone groups is 1. The van der Waals surface area contributed by atoms with Crippen molar-refractivity contribution in [2.45, 2.75) is 6.54 Å². The predicted molar refractivity (Wildman–Crippen MR) is 52.6 cm³/mol. The highest BCUT2D eigenvalue weighted by Crippen LogP contribution is 2.09. The van der Waals surface area contributed by atoms with Gasteiger partial charge in [0, 0.05) is 13.1 Å². The Kier molecular flexibility index (Phi) is 2.60. The molecule has 0 N–H and O–H groups in total. The van der Waals surface area contributed by atoms with Gasteiger partial charge in [-0.3, -0.25) is 4.90 Å². The van der Waals surface area contributed by atoms with E-state index in [1.807, 2.05) is 12.1 Å². The van der Waals surface area contributed by atoms with E-state index >= 15 is 0 Å². The molecule has 0 aliphatic carbocycles. The molecule has 1 aromatic heterocycles. The second kappa shape index (κ2) is 3.74. The molecule has 78 valence electrons. The summed E-state index contributed by atoms with van der Waals surface area (Å²) in [7, 11) is -2.77. The summed E-state index contributed by atoms with van der Waals surface area (Å²) in [6.45, 7) is 1.94. The van der Waals surface area contributed by atoms with E-state index in [9.17, 15) is 8.42 Å². The lowest BCUT2D eigenvalue weighted by atomic mass is 10.4. The summed E-state index contributed by atoms with van der Waals surface area (Å²) in [6, 6.07) is 3.75. The Morgan fingerprint density at radius 1 is 1.36 bits per heavy atom. The molecule has 5 heteroatoms. The van der Waals surface area contributed by atoms with Crippen molar-refractivity contribution in [1.29, 1.82) is 0 Å². The summed E-state index contributed by atoms with van der Waals surface area (Å²) in [5.74, 6) is 1.44. The second-order valence-corrected chi connectivity index (χ2v) is 5.81. The zero-order valence-electron chi connectivity index (χ0n) is 7.85. The normalized spacial score (nSPS) is 22.3. The summed E-state index contributed by atoms with van der Waals surface area (Å²) in [6.07, 6.45) is 1.63. The lowest BCUT2D eigenvalue weighted by Crippen LogP contribution is -2.39. The Balaban J connectivity index is 1.91. The molecule has 14 heavy (non-hydrogen) atoms. The molecular weight excluding hydrogens is 202 g/mol. The first kappa shape index (κ1) is 9.73. The maximum absolute atomic E-state index is 11.1. The Morgan fingerprint density at radius 3 is 2.64 bits per heavy atom.